The fourth-order valence-electron chi connectivity index (χ4n) is 3.63. The fraction of sp³-hybridized carbons (Fsp3) is 0.231. The van der Waals surface area contributed by atoms with Crippen LogP contribution in [0.3, 0.4) is 0 Å². The first-order chi connectivity index (χ1) is 14.9. The lowest BCUT2D eigenvalue weighted by Crippen LogP contribution is -3.00. The molecule has 0 aliphatic heterocycles. The van der Waals surface area contributed by atoms with E-state index in [2.05, 4.69) is 68.2 Å². The van der Waals surface area contributed by atoms with Gasteiger partial charge in [0.05, 0.1) is 0 Å². The fourth-order valence-corrected chi connectivity index (χ4v) is 3.63. The van der Waals surface area contributed by atoms with Gasteiger partial charge in [0.2, 0.25) is 0 Å². The average molecular weight is 650 g/mol. The number of nitrogens with zero attached hydrogens (tertiary/aromatic N) is 4. The zero-order chi connectivity index (χ0) is 20.4. The van der Waals surface area contributed by atoms with Gasteiger partial charge in [-0.15, -0.1) is 0 Å². The minimum atomic E-state index is 0. The lowest BCUT2D eigenvalue weighted by Gasteiger charge is -2.02. The number of pyridine rings is 4. The van der Waals surface area contributed by atoms with Crippen molar-refractivity contribution < 1.29 is 57.1 Å². The lowest BCUT2D eigenvalue weighted by atomic mass is 10.1. The van der Waals surface area contributed by atoms with Crippen LogP contribution in [-0.2, 0) is 13.1 Å². The standard InChI is InChI=1S/C26H28N4.2HI/c1(3-17-29-19-9-25(10-20-29)23-5-13-27-14-6-23)2-4-18-30-21-11-26(12-22-30)24-7-15-28-16-8-24;;/h5-16,19-22H,1-4,17-18H2;2*1H/q+2;;/p-2. The van der Waals surface area contributed by atoms with Crippen LogP contribution in [-0.4, -0.2) is 9.97 Å². The molecule has 0 amide bonds. The van der Waals surface area contributed by atoms with Crippen LogP contribution in [0.4, 0.5) is 0 Å². The predicted octanol–water partition coefficient (Wildman–Crippen LogP) is -1.35. The topological polar surface area (TPSA) is 33.5 Å². The van der Waals surface area contributed by atoms with E-state index in [1.807, 2.05) is 49.1 Å². The summed E-state index contributed by atoms with van der Waals surface area (Å²) >= 11 is 0. The van der Waals surface area contributed by atoms with Gasteiger partial charge in [-0.25, -0.2) is 9.13 Å². The third kappa shape index (κ3) is 7.88. The summed E-state index contributed by atoms with van der Waals surface area (Å²) in [6, 6.07) is 16.9. The first kappa shape index (κ1) is 26.3. The molecule has 0 aromatic carbocycles. The molecule has 4 rings (SSSR count). The molecule has 0 bridgehead atoms. The van der Waals surface area contributed by atoms with Gasteiger partial charge in [0, 0.05) is 61.9 Å². The molecule has 0 N–H and O–H groups in total. The van der Waals surface area contributed by atoms with Crippen molar-refractivity contribution >= 4 is 0 Å². The second-order valence-corrected chi connectivity index (χ2v) is 7.54. The van der Waals surface area contributed by atoms with E-state index in [9.17, 15) is 0 Å². The maximum atomic E-state index is 4.08. The maximum absolute atomic E-state index is 4.08. The van der Waals surface area contributed by atoms with Crippen LogP contribution >= 0.6 is 0 Å². The highest BCUT2D eigenvalue weighted by Crippen LogP contribution is 2.16. The highest BCUT2D eigenvalue weighted by Gasteiger charge is 2.05. The van der Waals surface area contributed by atoms with E-state index in [0.717, 1.165) is 13.1 Å². The highest BCUT2D eigenvalue weighted by atomic mass is 127. The molecule has 0 saturated heterocycles. The number of hydrogen-bond acceptors (Lipinski definition) is 2. The van der Waals surface area contributed by atoms with Crippen molar-refractivity contribution in [2.24, 2.45) is 0 Å². The van der Waals surface area contributed by atoms with Gasteiger partial charge in [0.1, 0.15) is 13.1 Å². The Bertz CT molecular complexity index is 938. The molecule has 0 spiro atoms. The van der Waals surface area contributed by atoms with Gasteiger partial charge >= 0.3 is 0 Å². The number of hydrogen-bond donors (Lipinski definition) is 0. The van der Waals surface area contributed by atoms with E-state index < -0.39 is 0 Å². The first-order valence-corrected chi connectivity index (χ1v) is 10.7. The Hall–Kier alpha value is -1.94. The van der Waals surface area contributed by atoms with Gasteiger partial charge in [-0.05, 0) is 59.4 Å². The molecule has 0 unspecified atom stereocenters. The lowest BCUT2D eigenvalue weighted by molar-refractivity contribution is -0.698. The summed E-state index contributed by atoms with van der Waals surface area (Å²) in [7, 11) is 0. The summed E-state index contributed by atoms with van der Waals surface area (Å²) in [5.74, 6) is 0. The van der Waals surface area contributed by atoms with E-state index in [1.54, 1.807) is 0 Å². The molecule has 32 heavy (non-hydrogen) atoms. The third-order valence-corrected chi connectivity index (χ3v) is 5.39. The second kappa shape index (κ2) is 14.3. The summed E-state index contributed by atoms with van der Waals surface area (Å²) in [6.07, 6.45) is 21.0. The summed E-state index contributed by atoms with van der Waals surface area (Å²) in [5.41, 5.74) is 4.90. The summed E-state index contributed by atoms with van der Waals surface area (Å²) < 4.78 is 4.55. The van der Waals surface area contributed by atoms with Crippen LogP contribution in [0.5, 0.6) is 0 Å². The van der Waals surface area contributed by atoms with Gasteiger partial charge in [0.25, 0.3) is 0 Å². The molecule has 0 aliphatic carbocycles. The Morgan fingerprint density at radius 2 is 0.750 bits per heavy atom. The van der Waals surface area contributed by atoms with Crippen LogP contribution < -0.4 is 57.1 Å². The van der Waals surface area contributed by atoms with Gasteiger partial charge in [0.15, 0.2) is 24.8 Å². The van der Waals surface area contributed by atoms with E-state index in [0.29, 0.717) is 0 Å². The second-order valence-electron chi connectivity index (χ2n) is 7.54. The number of rotatable bonds is 9. The van der Waals surface area contributed by atoms with Crippen LogP contribution in [0.25, 0.3) is 22.3 Å². The largest absolute Gasteiger partial charge is 1.00 e. The molecule has 0 radical (unpaired) electrons. The molecule has 0 aliphatic rings. The molecular weight excluding hydrogens is 622 g/mol. The highest BCUT2D eigenvalue weighted by molar-refractivity contribution is 5.61. The molecular formula is C26H28I2N4. The van der Waals surface area contributed by atoms with Crippen molar-refractivity contribution in [2.75, 3.05) is 0 Å². The number of aryl methyl sites for hydroxylation is 2. The van der Waals surface area contributed by atoms with Crippen LogP contribution in [0.15, 0.2) is 98.1 Å². The molecule has 0 saturated carbocycles. The van der Waals surface area contributed by atoms with Crippen LogP contribution in [0.2, 0.25) is 0 Å². The molecule has 4 aromatic rings. The molecule has 0 atom stereocenters. The molecule has 166 valence electrons. The Labute approximate surface area is 224 Å². The molecule has 4 heterocycles. The SMILES string of the molecule is [I-].[I-].c1cc(-c2cc[n+](CCCCCC[n+]3ccc(-c4ccncc4)cc3)cc2)ccn1. The van der Waals surface area contributed by atoms with Crippen molar-refractivity contribution in [2.45, 2.75) is 38.8 Å². The Morgan fingerprint density at radius 1 is 0.438 bits per heavy atom. The van der Waals surface area contributed by atoms with Gasteiger partial charge in [-0.1, -0.05) is 0 Å². The average Bonchev–Trinajstić information content (AvgIpc) is 2.83. The normalized spacial score (nSPS) is 10.1. The monoisotopic (exact) mass is 650 g/mol. The quantitative estimate of drug-likeness (QED) is 0.128. The summed E-state index contributed by atoms with van der Waals surface area (Å²) in [6.45, 7) is 2.15. The number of unbranched alkanes of at least 4 members (excludes halogenated alkanes) is 3. The van der Waals surface area contributed by atoms with Crippen molar-refractivity contribution in [3.8, 4) is 22.3 Å². The van der Waals surface area contributed by atoms with Crippen LogP contribution in [0.1, 0.15) is 25.7 Å². The van der Waals surface area contributed by atoms with Gasteiger partial charge < -0.3 is 48.0 Å². The van der Waals surface area contributed by atoms with Crippen molar-refractivity contribution in [3.05, 3.63) is 98.1 Å². The minimum Gasteiger partial charge on any atom is -1.00 e. The van der Waals surface area contributed by atoms with Gasteiger partial charge in [-0.3, -0.25) is 9.97 Å². The van der Waals surface area contributed by atoms with Crippen molar-refractivity contribution in [3.63, 3.8) is 0 Å². The third-order valence-electron chi connectivity index (χ3n) is 5.39. The predicted molar refractivity (Wildman–Crippen MR) is 118 cm³/mol. The van der Waals surface area contributed by atoms with E-state index >= 15 is 0 Å². The smallest absolute Gasteiger partial charge is 0.169 e. The Morgan fingerprint density at radius 3 is 1.09 bits per heavy atom. The number of aromatic nitrogens is 4. The Kier molecular flexibility index (Phi) is 11.7. The van der Waals surface area contributed by atoms with E-state index in [4.69, 9.17) is 0 Å². The minimum absolute atomic E-state index is 0. The van der Waals surface area contributed by atoms with Crippen LogP contribution in [0, 0.1) is 0 Å². The zero-order valence-corrected chi connectivity index (χ0v) is 22.3. The molecule has 4 nitrogen and oxygen atoms in total. The summed E-state index contributed by atoms with van der Waals surface area (Å²) in [5, 5.41) is 0. The molecule has 4 aromatic heterocycles. The Balaban J connectivity index is 0.00000181. The molecule has 0 fully saturated rings. The molecule has 6 heteroatoms. The number of halogens is 2. The van der Waals surface area contributed by atoms with Crippen molar-refractivity contribution in [1.82, 2.24) is 9.97 Å². The van der Waals surface area contributed by atoms with Crippen molar-refractivity contribution in [1.29, 1.82) is 0 Å². The van der Waals surface area contributed by atoms with Gasteiger partial charge in [-0.2, -0.15) is 0 Å². The van der Waals surface area contributed by atoms with E-state index in [-0.39, 0.29) is 48.0 Å². The maximum Gasteiger partial charge on any atom is 0.169 e. The first-order valence-electron chi connectivity index (χ1n) is 10.7. The summed E-state index contributed by atoms with van der Waals surface area (Å²) in [4.78, 5) is 8.16. The zero-order valence-electron chi connectivity index (χ0n) is 18.0. The van der Waals surface area contributed by atoms with E-state index in [1.165, 1.54) is 47.9 Å².